The second-order valence-corrected chi connectivity index (χ2v) is 6.88. The van der Waals surface area contributed by atoms with Crippen LogP contribution < -0.4 is 0 Å². The second kappa shape index (κ2) is 7.70. The van der Waals surface area contributed by atoms with Gasteiger partial charge in [-0.05, 0) is 31.4 Å². The molecule has 0 saturated carbocycles. The van der Waals surface area contributed by atoms with E-state index >= 15 is 0 Å². The first-order valence-electron chi connectivity index (χ1n) is 7.67. The van der Waals surface area contributed by atoms with Crippen molar-refractivity contribution in [3.8, 4) is 0 Å². The van der Waals surface area contributed by atoms with Gasteiger partial charge in [0.2, 0.25) is 0 Å². The van der Waals surface area contributed by atoms with E-state index in [1.165, 1.54) is 0 Å². The Kier molecular flexibility index (Phi) is 5.91. The van der Waals surface area contributed by atoms with Crippen LogP contribution in [0.15, 0.2) is 29.4 Å². The predicted octanol–water partition coefficient (Wildman–Crippen LogP) is 3.10. The topological polar surface area (TPSA) is 55.1 Å². The van der Waals surface area contributed by atoms with Gasteiger partial charge < -0.3 is 9.67 Å². The number of hydrogen-bond acceptors (Lipinski definition) is 3. The fourth-order valence-corrected chi connectivity index (χ4v) is 3.67. The van der Waals surface area contributed by atoms with E-state index in [1.807, 2.05) is 38.1 Å². The van der Waals surface area contributed by atoms with Gasteiger partial charge in [0.15, 0.2) is 5.16 Å². The standard InChI is InChI=1S/C17H24N2O2S/c1-4-5-10-19-14(3)13(2)18-17(19)22(21)12-16-8-6-15(11-20)7-9-16/h6-9,20H,4-5,10-12H2,1-3H3. The van der Waals surface area contributed by atoms with Crippen molar-refractivity contribution in [2.75, 3.05) is 0 Å². The number of imidazole rings is 1. The highest BCUT2D eigenvalue weighted by Gasteiger charge is 2.16. The van der Waals surface area contributed by atoms with Crippen molar-refractivity contribution < 1.29 is 9.32 Å². The summed E-state index contributed by atoms with van der Waals surface area (Å²) in [5, 5.41) is 9.74. The van der Waals surface area contributed by atoms with Gasteiger partial charge in [-0.15, -0.1) is 0 Å². The van der Waals surface area contributed by atoms with Crippen molar-refractivity contribution in [1.29, 1.82) is 0 Å². The Morgan fingerprint density at radius 1 is 1.18 bits per heavy atom. The summed E-state index contributed by atoms with van der Waals surface area (Å²) in [6.07, 6.45) is 2.16. The first-order valence-corrected chi connectivity index (χ1v) is 8.99. The van der Waals surface area contributed by atoms with Crippen LogP contribution in [0, 0.1) is 13.8 Å². The van der Waals surface area contributed by atoms with Crippen LogP contribution >= 0.6 is 0 Å². The average Bonchev–Trinajstić information content (AvgIpc) is 2.81. The molecule has 2 rings (SSSR count). The quantitative estimate of drug-likeness (QED) is 0.853. The van der Waals surface area contributed by atoms with Gasteiger partial charge in [-0.2, -0.15) is 0 Å². The number of nitrogens with zero attached hydrogens (tertiary/aromatic N) is 2. The minimum atomic E-state index is -1.16. The largest absolute Gasteiger partial charge is 0.392 e. The number of hydrogen-bond donors (Lipinski definition) is 1. The SMILES string of the molecule is CCCCn1c(S(=O)Cc2ccc(CO)cc2)nc(C)c1C. The summed E-state index contributed by atoms with van der Waals surface area (Å²) < 4.78 is 14.8. The molecule has 1 unspecified atom stereocenters. The maximum atomic E-state index is 12.7. The fourth-order valence-electron chi connectivity index (χ4n) is 2.33. The third-order valence-corrected chi connectivity index (χ3v) is 5.18. The Morgan fingerprint density at radius 3 is 2.41 bits per heavy atom. The molecular formula is C17H24N2O2S. The van der Waals surface area contributed by atoms with Crippen LogP contribution in [-0.2, 0) is 29.7 Å². The van der Waals surface area contributed by atoms with Crippen molar-refractivity contribution in [3.63, 3.8) is 0 Å². The van der Waals surface area contributed by atoms with E-state index in [2.05, 4.69) is 16.5 Å². The van der Waals surface area contributed by atoms with E-state index in [0.717, 1.165) is 41.9 Å². The molecule has 2 aromatic rings. The number of aliphatic hydroxyl groups excluding tert-OH is 1. The minimum Gasteiger partial charge on any atom is -0.392 e. The number of benzene rings is 1. The van der Waals surface area contributed by atoms with Crippen LogP contribution in [0.3, 0.4) is 0 Å². The van der Waals surface area contributed by atoms with Crippen LogP contribution in [0.25, 0.3) is 0 Å². The number of aromatic nitrogens is 2. The molecule has 5 heteroatoms. The van der Waals surface area contributed by atoms with Gasteiger partial charge in [-0.25, -0.2) is 4.98 Å². The summed E-state index contributed by atoms with van der Waals surface area (Å²) >= 11 is 0. The van der Waals surface area contributed by atoms with E-state index in [-0.39, 0.29) is 6.61 Å². The summed E-state index contributed by atoms with van der Waals surface area (Å²) in [6, 6.07) is 7.57. The van der Waals surface area contributed by atoms with Crippen LogP contribution in [0.1, 0.15) is 42.3 Å². The average molecular weight is 320 g/mol. The van der Waals surface area contributed by atoms with Gasteiger partial charge in [0, 0.05) is 12.2 Å². The summed E-state index contributed by atoms with van der Waals surface area (Å²) in [5.41, 5.74) is 3.92. The Labute approximate surface area is 134 Å². The fraction of sp³-hybridized carbons (Fsp3) is 0.471. The summed E-state index contributed by atoms with van der Waals surface area (Å²) in [6.45, 7) is 7.05. The zero-order valence-electron chi connectivity index (χ0n) is 13.5. The molecule has 0 fully saturated rings. The molecule has 0 aliphatic carbocycles. The first-order chi connectivity index (χ1) is 10.6. The van der Waals surface area contributed by atoms with E-state index in [9.17, 15) is 4.21 Å². The molecule has 1 N–H and O–H groups in total. The first kappa shape index (κ1) is 16.9. The monoisotopic (exact) mass is 320 g/mol. The van der Waals surface area contributed by atoms with Crippen molar-refractivity contribution in [2.24, 2.45) is 0 Å². The van der Waals surface area contributed by atoms with E-state index < -0.39 is 10.8 Å². The lowest BCUT2D eigenvalue weighted by atomic mass is 10.2. The van der Waals surface area contributed by atoms with Gasteiger partial charge in [0.05, 0.1) is 28.9 Å². The lowest BCUT2D eigenvalue weighted by Gasteiger charge is -2.09. The maximum absolute atomic E-state index is 12.7. The van der Waals surface area contributed by atoms with E-state index in [0.29, 0.717) is 10.9 Å². The van der Waals surface area contributed by atoms with E-state index in [1.54, 1.807) is 0 Å². The second-order valence-electron chi connectivity index (χ2n) is 5.53. The molecule has 0 saturated heterocycles. The molecule has 22 heavy (non-hydrogen) atoms. The normalized spacial score (nSPS) is 12.5. The summed E-state index contributed by atoms with van der Waals surface area (Å²) in [5.74, 6) is 0.452. The summed E-state index contributed by atoms with van der Waals surface area (Å²) in [7, 11) is -1.16. The molecule has 0 amide bonds. The molecule has 0 radical (unpaired) electrons. The molecule has 1 heterocycles. The molecule has 1 aromatic heterocycles. The van der Waals surface area contributed by atoms with Gasteiger partial charge in [0.25, 0.3) is 0 Å². The van der Waals surface area contributed by atoms with Crippen molar-refractivity contribution in [2.45, 2.75) is 57.7 Å². The Morgan fingerprint density at radius 2 is 1.82 bits per heavy atom. The molecule has 120 valence electrons. The van der Waals surface area contributed by atoms with Crippen LogP contribution in [0.2, 0.25) is 0 Å². The highest BCUT2D eigenvalue weighted by atomic mass is 32.2. The minimum absolute atomic E-state index is 0.0309. The maximum Gasteiger partial charge on any atom is 0.199 e. The molecular weight excluding hydrogens is 296 g/mol. The smallest absolute Gasteiger partial charge is 0.199 e. The predicted molar refractivity (Wildman–Crippen MR) is 89.1 cm³/mol. The zero-order chi connectivity index (χ0) is 16.1. The highest BCUT2D eigenvalue weighted by molar-refractivity contribution is 7.84. The van der Waals surface area contributed by atoms with Crippen molar-refractivity contribution >= 4 is 10.8 Å². The molecule has 0 spiro atoms. The number of aryl methyl sites for hydroxylation is 1. The lowest BCUT2D eigenvalue weighted by molar-refractivity contribution is 0.282. The van der Waals surface area contributed by atoms with Crippen LogP contribution in [0.4, 0.5) is 0 Å². The van der Waals surface area contributed by atoms with Gasteiger partial charge in [-0.1, -0.05) is 37.6 Å². The third-order valence-electron chi connectivity index (χ3n) is 3.86. The van der Waals surface area contributed by atoms with Gasteiger partial charge in [-0.3, -0.25) is 4.21 Å². The van der Waals surface area contributed by atoms with Gasteiger partial charge >= 0.3 is 0 Å². The van der Waals surface area contributed by atoms with Crippen molar-refractivity contribution in [3.05, 3.63) is 46.8 Å². The Hall–Kier alpha value is -1.46. The molecule has 1 atom stereocenters. The Bertz CT molecular complexity index is 647. The van der Waals surface area contributed by atoms with Crippen molar-refractivity contribution in [1.82, 2.24) is 9.55 Å². The highest BCUT2D eigenvalue weighted by Crippen LogP contribution is 2.18. The zero-order valence-corrected chi connectivity index (χ0v) is 14.3. The van der Waals surface area contributed by atoms with Gasteiger partial charge in [0.1, 0.15) is 0 Å². The molecule has 0 bridgehead atoms. The number of unbranched alkanes of at least 4 members (excludes halogenated alkanes) is 1. The molecule has 0 aliphatic heterocycles. The lowest BCUT2D eigenvalue weighted by Crippen LogP contribution is -2.09. The number of rotatable bonds is 7. The molecule has 0 aliphatic rings. The van der Waals surface area contributed by atoms with Crippen LogP contribution in [-0.4, -0.2) is 18.9 Å². The number of aliphatic hydroxyl groups is 1. The van der Waals surface area contributed by atoms with E-state index in [4.69, 9.17) is 5.11 Å². The summed E-state index contributed by atoms with van der Waals surface area (Å²) in [4.78, 5) is 4.52. The molecule has 4 nitrogen and oxygen atoms in total. The third kappa shape index (κ3) is 3.84. The Balaban J connectivity index is 2.19. The van der Waals surface area contributed by atoms with Crippen LogP contribution in [0.5, 0.6) is 0 Å². The molecule has 1 aromatic carbocycles.